The van der Waals surface area contributed by atoms with E-state index in [9.17, 15) is 33.6 Å². The van der Waals surface area contributed by atoms with Crippen LogP contribution < -0.4 is 21.3 Å². The topological polar surface area (TPSA) is 183 Å². The second-order valence-corrected chi connectivity index (χ2v) is 14.3. The Labute approximate surface area is 289 Å². The number of likely N-dealkylation sites (N-methyl/N-ethyl adjacent to an activating group) is 1. The van der Waals surface area contributed by atoms with Crippen molar-refractivity contribution in [3.63, 3.8) is 0 Å². The maximum absolute atomic E-state index is 13.9. The fourth-order valence-corrected chi connectivity index (χ4v) is 5.39. The fraction of sp³-hybridized carbons (Fsp3) is 0.629. The van der Waals surface area contributed by atoms with E-state index in [4.69, 9.17) is 4.74 Å². The summed E-state index contributed by atoms with van der Waals surface area (Å²) >= 11 is 0. The van der Waals surface area contributed by atoms with Crippen molar-refractivity contribution in [2.24, 2.45) is 17.3 Å². The molecule has 1 aromatic carbocycles. The van der Waals surface area contributed by atoms with Gasteiger partial charge < -0.3 is 35.8 Å². The van der Waals surface area contributed by atoms with Crippen molar-refractivity contribution in [1.29, 1.82) is 0 Å². The molecule has 1 saturated heterocycles. The summed E-state index contributed by atoms with van der Waals surface area (Å²) < 4.78 is 5.24. The average molecular weight is 687 g/mol. The highest BCUT2D eigenvalue weighted by Crippen LogP contribution is 2.28. The van der Waals surface area contributed by atoms with Crippen molar-refractivity contribution in [2.45, 2.75) is 91.9 Å². The Balaban J connectivity index is 2.12. The van der Waals surface area contributed by atoms with E-state index in [1.165, 1.54) is 9.80 Å². The highest BCUT2D eigenvalue weighted by Gasteiger charge is 2.45. The van der Waals surface area contributed by atoms with Crippen LogP contribution in [0.4, 0.5) is 4.79 Å². The molecule has 1 aromatic rings. The summed E-state index contributed by atoms with van der Waals surface area (Å²) in [6.07, 6.45) is 0.179. The van der Waals surface area contributed by atoms with Crippen LogP contribution in [0.25, 0.3) is 0 Å². The molecule has 0 aliphatic carbocycles. The largest absolute Gasteiger partial charge is 0.449 e. The molecule has 0 spiro atoms. The lowest BCUT2D eigenvalue weighted by Gasteiger charge is -2.35. The molecule has 272 valence electrons. The number of ether oxygens (including phenoxy) is 1. The molecule has 2 rings (SSSR count). The number of benzene rings is 1. The molecule has 0 radical (unpaired) electrons. The molecular formula is C35H54N6O8. The Bertz CT molecular complexity index is 1340. The zero-order valence-corrected chi connectivity index (χ0v) is 30.3. The maximum atomic E-state index is 13.9. The van der Waals surface area contributed by atoms with E-state index in [0.717, 1.165) is 0 Å². The van der Waals surface area contributed by atoms with Crippen LogP contribution in [0.3, 0.4) is 0 Å². The number of ketones is 1. The smallest absolute Gasteiger partial charge is 0.407 e. The van der Waals surface area contributed by atoms with Crippen molar-refractivity contribution in [2.75, 3.05) is 33.8 Å². The first kappa shape index (κ1) is 40.7. The third-order valence-electron chi connectivity index (χ3n) is 7.99. The number of amides is 6. The number of hydrogen-bond acceptors (Lipinski definition) is 8. The molecule has 6 amide bonds. The molecule has 49 heavy (non-hydrogen) atoms. The summed E-state index contributed by atoms with van der Waals surface area (Å²) in [5, 5.41) is 10.2. The molecule has 1 aliphatic heterocycles. The van der Waals surface area contributed by atoms with Crippen LogP contribution in [-0.2, 0) is 33.5 Å². The van der Waals surface area contributed by atoms with Gasteiger partial charge in [0.05, 0.1) is 19.2 Å². The van der Waals surface area contributed by atoms with E-state index < -0.39 is 71.6 Å². The van der Waals surface area contributed by atoms with Gasteiger partial charge in [0.2, 0.25) is 29.4 Å². The summed E-state index contributed by atoms with van der Waals surface area (Å²) in [6.45, 7) is 12.7. The quantitative estimate of drug-likeness (QED) is 0.202. The molecule has 14 nitrogen and oxygen atoms in total. The van der Waals surface area contributed by atoms with Crippen LogP contribution in [0.15, 0.2) is 30.3 Å². The average Bonchev–Trinajstić information content (AvgIpc) is 3.44. The summed E-state index contributed by atoms with van der Waals surface area (Å²) in [7, 11) is 3.11. The maximum Gasteiger partial charge on any atom is 0.407 e. The van der Waals surface area contributed by atoms with Crippen molar-refractivity contribution in [1.82, 2.24) is 31.1 Å². The molecule has 4 N–H and O–H groups in total. The van der Waals surface area contributed by atoms with E-state index in [1.807, 2.05) is 20.8 Å². The first-order valence-electron chi connectivity index (χ1n) is 16.8. The van der Waals surface area contributed by atoms with Crippen LogP contribution in [0.5, 0.6) is 0 Å². The molecule has 1 unspecified atom stereocenters. The summed E-state index contributed by atoms with van der Waals surface area (Å²) in [6, 6.07) is 4.47. The van der Waals surface area contributed by atoms with Crippen molar-refractivity contribution in [3.8, 4) is 0 Å². The lowest BCUT2D eigenvalue weighted by Crippen LogP contribution is -2.59. The van der Waals surface area contributed by atoms with Crippen LogP contribution in [0.1, 0.15) is 79.3 Å². The first-order chi connectivity index (χ1) is 22.9. The minimum absolute atomic E-state index is 0.0468. The molecule has 5 atom stereocenters. The number of carbonyl (C=O) groups is 7. The van der Waals surface area contributed by atoms with Crippen LogP contribution in [0, 0.1) is 17.3 Å². The van der Waals surface area contributed by atoms with Crippen LogP contribution >= 0.6 is 0 Å². The predicted molar refractivity (Wildman–Crippen MR) is 183 cm³/mol. The number of Topliss-reactive ketones (excluding diaryl/α,β-unsaturated/α-hetero) is 1. The van der Waals surface area contributed by atoms with Gasteiger partial charge in [0.25, 0.3) is 5.91 Å². The second-order valence-electron chi connectivity index (χ2n) is 14.3. The van der Waals surface area contributed by atoms with E-state index in [-0.39, 0.29) is 37.3 Å². The van der Waals surface area contributed by atoms with E-state index in [0.29, 0.717) is 18.4 Å². The van der Waals surface area contributed by atoms with Gasteiger partial charge in [-0.1, -0.05) is 85.2 Å². The van der Waals surface area contributed by atoms with Gasteiger partial charge in [-0.05, 0) is 35.7 Å². The molecule has 14 heteroatoms. The Kier molecular flexibility index (Phi) is 15.2. The van der Waals surface area contributed by atoms with Gasteiger partial charge in [0.1, 0.15) is 18.1 Å². The molecule has 1 fully saturated rings. The Morgan fingerprint density at radius 1 is 0.980 bits per heavy atom. The van der Waals surface area contributed by atoms with Gasteiger partial charge in [-0.3, -0.25) is 28.8 Å². The minimum Gasteiger partial charge on any atom is -0.449 e. The zero-order valence-electron chi connectivity index (χ0n) is 30.3. The van der Waals surface area contributed by atoms with Crippen LogP contribution in [-0.4, -0.2) is 103 Å². The Morgan fingerprint density at radius 2 is 1.61 bits per heavy atom. The molecule has 1 heterocycles. The van der Waals surface area contributed by atoms with E-state index in [1.54, 1.807) is 72.1 Å². The van der Waals surface area contributed by atoms with Gasteiger partial charge in [0.15, 0.2) is 0 Å². The third kappa shape index (κ3) is 12.2. The van der Waals surface area contributed by atoms with E-state index >= 15 is 0 Å². The number of likely N-dealkylation sites (tertiary alicyclic amines) is 1. The van der Waals surface area contributed by atoms with Crippen molar-refractivity contribution in [3.05, 3.63) is 35.9 Å². The second kappa shape index (κ2) is 18.3. The molecular weight excluding hydrogens is 632 g/mol. The first-order valence-corrected chi connectivity index (χ1v) is 16.8. The normalized spacial score (nSPS) is 17.7. The van der Waals surface area contributed by atoms with Crippen molar-refractivity contribution >= 4 is 41.4 Å². The summed E-state index contributed by atoms with van der Waals surface area (Å²) in [5.74, 6) is -4.09. The SMILES string of the molecule is CCCC(NC(=O)[C@@H]1C[C@H](C)CN1C(=O)[C@@H](NC(=O)OCC(C)C)C(C)(C)C)C(=O)C(=O)NCC(=O)N[C@H](C(=O)N(C)C)c1ccccc1. The number of rotatable bonds is 15. The van der Waals surface area contributed by atoms with Gasteiger partial charge >= 0.3 is 6.09 Å². The Morgan fingerprint density at radius 3 is 2.16 bits per heavy atom. The number of nitrogens with zero attached hydrogens (tertiary/aromatic N) is 2. The van der Waals surface area contributed by atoms with Gasteiger partial charge in [-0.2, -0.15) is 0 Å². The third-order valence-corrected chi connectivity index (χ3v) is 7.99. The Hall–Kier alpha value is -4.49. The zero-order chi connectivity index (χ0) is 37.1. The highest BCUT2D eigenvalue weighted by molar-refractivity contribution is 6.38. The molecule has 0 bridgehead atoms. The lowest BCUT2D eigenvalue weighted by atomic mass is 9.85. The molecule has 1 aliphatic rings. The number of alkyl carbamates (subject to hydrolysis) is 1. The predicted octanol–water partition coefficient (Wildman–Crippen LogP) is 1.94. The minimum atomic E-state index is -1.21. The van der Waals surface area contributed by atoms with Gasteiger partial charge in [0, 0.05) is 20.6 Å². The summed E-state index contributed by atoms with van der Waals surface area (Å²) in [5.41, 5.74) is -0.167. The molecule has 0 saturated carbocycles. The van der Waals surface area contributed by atoms with E-state index in [2.05, 4.69) is 21.3 Å². The lowest BCUT2D eigenvalue weighted by molar-refractivity contribution is -0.144. The highest BCUT2D eigenvalue weighted by atomic mass is 16.5. The summed E-state index contributed by atoms with van der Waals surface area (Å²) in [4.78, 5) is 94.4. The van der Waals surface area contributed by atoms with Gasteiger partial charge in [-0.25, -0.2) is 4.79 Å². The molecule has 0 aromatic heterocycles. The number of nitrogens with one attached hydrogen (secondary N) is 4. The number of hydrogen-bond donors (Lipinski definition) is 4. The fourth-order valence-electron chi connectivity index (χ4n) is 5.39. The van der Waals surface area contributed by atoms with Crippen molar-refractivity contribution < 1.29 is 38.3 Å². The number of carbonyl (C=O) groups excluding carboxylic acids is 7. The standard InChI is InChI=1S/C35H54N6O8/c1-10-14-24(28(43)31(45)36-18-26(42)38-27(32(46)40(8)9)23-15-12-11-13-16-23)37-30(44)25-17-22(4)19-41(25)33(47)29(35(5,6)7)39-34(48)49-20-21(2)3/h11-13,15-16,21-22,24-25,27,29H,10,14,17-20H2,1-9H3,(H,36,45)(H,37,44)(H,38,42)(H,39,48)/t22-,24?,25-,27-,29+/m0/s1. The van der Waals surface area contributed by atoms with Crippen LogP contribution in [0.2, 0.25) is 0 Å². The monoisotopic (exact) mass is 686 g/mol. The van der Waals surface area contributed by atoms with Gasteiger partial charge in [-0.15, -0.1) is 0 Å².